The van der Waals surface area contributed by atoms with Gasteiger partial charge in [-0.15, -0.1) is 11.3 Å². The van der Waals surface area contributed by atoms with Gasteiger partial charge in [-0.3, -0.25) is 0 Å². The quantitative estimate of drug-likeness (QED) is 0.900. The van der Waals surface area contributed by atoms with Crippen LogP contribution in [0.5, 0.6) is 0 Å². The number of hydrogen-bond donors (Lipinski definition) is 1. The van der Waals surface area contributed by atoms with Gasteiger partial charge in [0.05, 0.1) is 6.54 Å². The zero-order chi connectivity index (χ0) is 11.7. The van der Waals surface area contributed by atoms with Crippen molar-refractivity contribution in [1.82, 2.24) is 20.1 Å². The summed E-state index contributed by atoms with van der Waals surface area (Å²) in [5.41, 5.74) is 0. The lowest BCUT2D eigenvalue weighted by molar-refractivity contribution is 0.359. The zero-order valence-electron chi connectivity index (χ0n) is 9.89. The Morgan fingerprint density at radius 3 is 3.29 bits per heavy atom. The average molecular weight is 248 g/mol. The van der Waals surface area contributed by atoms with E-state index in [0.29, 0.717) is 6.04 Å². The number of aryl methyl sites for hydroxylation is 2. The van der Waals surface area contributed by atoms with Crippen molar-refractivity contribution in [2.45, 2.75) is 38.9 Å². The Kier molecular flexibility index (Phi) is 2.94. The third-order valence-electron chi connectivity index (χ3n) is 3.17. The summed E-state index contributed by atoms with van der Waals surface area (Å²) < 4.78 is 2.01. The maximum Gasteiger partial charge on any atom is 0.138 e. The molecule has 3 rings (SSSR count). The lowest BCUT2D eigenvalue weighted by Gasteiger charge is -2.23. The van der Waals surface area contributed by atoms with E-state index in [4.69, 9.17) is 0 Å². The first kappa shape index (κ1) is 10.9. The molecule has 0 fully saturated rings. The molecule has 0 aliphatic carbocycles. The number of hydrogen-bond acceptors (Lipinski definition) is 4. The van der Waals surface area contributed by atoms with Gasteiger partial charge in [-0.2, -0.15) is 5.10 Å². The molecule has 0 amide bonds. The Morgan fingerprint density at radius 2 is 2.47 bits per heavy atom. The van der Waals surface area contributed by atoms with Gasteiger partial charge in [-0.25, -0.2) is 9.67 Å². The summed E-state index contributed by atoms with van der Waals surface area (Å²) in [5, 5.41) is 7.84. The number of nitrogens with one attached hydrogen (secondary N) is 1. The predicted octanol–water partition coefficient (Wildman–Crippen LogP) is 1.75. The fraction of sp³-hybridized carbons (Fsp3) is 0.500. The Balaban J connectivity index is 1.57. The number of fused-ring (bicyclic) bond motifs is 1. The summed E-state index contributed by atoms with van der Waals surface area (Å²) >= 11 is 1.87. The molecule has 2 aromatic heterocycles. The number of rotatable bonds is 3. The summed E-state index contributed by atoms with van der Waals surface area (Å²) in [6.45, 7) is 4.06. The van der Waals surface area contributed by atoms with Crippen LogP contribution < -0.4 is 5.32 Å². The molecular formula is C12H16N4S. The van der Waals surface area contributed by atoms with E-state index in [1.165, 1.54) is 9.75 Å². The van der Waals surface area contributed by atoms with Gasteiger partial charge in [0.2, 0.25) is 0 Å². The van der Waals surface area contributed by atoms with Gasteiger partial charge < -0.3 is 5.32 Å². The lowest BCUT2D eigenvalue weighted by Crippen LogP contribution is -2.37. The number of aromatic nitrogens is 3. The van der Waals surface area contributed by atoms with E-state index < -0.39 is 0 Å². The minimum Gasteiger partial charge on any atom is -0.307 e. The van der Waals surface area contributed by atoms with E-state index >= 15 is 0 Å². The predicted molar refractivity (Wildman–Crippen MR) is 68.0 cm³/mol. The van der Waals surface area contributed by atoms with E-state index in [1.54, 1.807) is 6.33 Å². The van der Waals surface area contributed by atoms with Crippen LogP contribution in [0.1, 0.15) is 22.0 Å². The van der Waals surface area contributed by atoms with Crippen molar-refractivity contribution in [2.75, 3.05) is 0 Å². The molecule has 3 heterocycles. The normalized spacial score (nSPS) is 19.2. The molecule has 0 radical (unpaired) electrons. The molecule has 0 saturated carbocycles. The number of thiophene rings is 1. The third-order valence-corrected chi connectivity index (χ3v) is 4.17. The maximum atomic E-state index is 4.24. The highest BCUT2D eigenvalue weighted by Gasteiger charge is 2.19. The molecule has 2 aromatic rings. The average Bonchev–Trinajstić information content (AvgIpc) is 2.94. The summed E-state index contributed by atoms with van der Waals surface area (Å²) in [6, 6.07) is 4.90. The van der Waals surface area contributed by atoms with Gasteiger partial charge in [0.1, 0.15) is 12.2 Å². The third kappa shape index (κ3) is 2.40. The number of nitrogens with zero attached hydrogens (tertiary/aromatic N) is 3. The smallest absolute Gasteiger partial charge is 0.138 e. The molecule has 0 spiro atoms. The highest BCUT2D eigenvalue weighted by molar-refractivity contribution is 7.11. The highest BCUT2D eigenvalue weighted by Crippen LogP contribution is 2.16. The first-order valence-corrected chi connectivity index (χ1v) is 6.78. The summed E-state index contributed by atoms with van der Waals surface area (Å²) in [6.07, 6.45) is 3.84. The molecule has 1 N–H and O–H groups in total. The van der Waals surface area contributed by atoms with Crippen molar-refractivity contribution < 1.29 is 0 Å². The second-order valence-corrected chi connectivity index (χ2v) is 5.86. The zero-order valence-corrected chi connectivity index (χ0v) is 10.7. The Bertz CT molecular complexity index is 502. The molecule has 17 heavy (non-hydrogen) atoms. The summed E-state index contributed by atoms with van der Waals surface area (Å²) in [4.78, 5) is 7.03. The molecule has 0 unspecified atom stereocenters. The van der Waals surface area contributed by atoms with Crippen molar-refractivity contribution in [2.24, 2.45) is 0 Å². The van der Waals surface area contributed by atoms with Crippen LogP contribution in [-0.4, -0.2) is 20.8 Å². The standard InChI is InChI=1S/C12H16N4S/c1-9-2-4-11(17-9)6-13-10-3-5-12-14-8-15-16(12)7-10/h2,4,8,10,13H,3,5-7H2,1H3/t10-/m1/s1. The van der Waals surface area contributed by atoms with Crippen LogP contribution in [0.3, 0.4) is 0 Å². The second kappa shape index (κ2) is 4.58. The van der Waals surface area contributed by atoms with E-state index in [1.807, 2.05) is 16.0 Å². The second-order valence-electron chi connectivity index (χ2n) is 4.49. The highest BCUT2D eigenvalue weighted by atomic mass is 32.1. The summed E-state index contributed by atoms with van der Waals surface area (Å²) in [7, 11) is 0. The van der Waals surface area contributed by atoms with Crippen molar-refractivity contribution >= 4 is 11.3 Å². The minimum atomic E-state index is 0.520. The van der Waals surface area contributed by atoms with Gasteiger partial charge in [0.15, 0.2) is 0 Å². The molecule has 0 aromatic carbocycles. The molecule has 1 aliphatic rings. The molecule has 5 heteroatoms. The Morgan fingerprint density at radius 1 is 1.53 bits per heavy atom. The van der Waals surface area contributed by atoms with Gasteiger partial charge in [0.25, 0.3) is 0 Å². The van der Waals surface area contributed by atoms with Crippen LogP contribution in [0.2, 0.25) is 0 Å². The molecule has 4 nitrogen and oxygen atoms in total. The largest absolute Gasteiger partial charge is 0.307 e. The summed E-state index contributed by atoms with van der Waals surface area (Å²) in [5.74, 6) is 1.12. The van der Waals surface area contributed by atoms with Gasteiger partial charge in [-0.1, -0.05) is 0 Å². The van der Waals surface area contributed by atoms with E-state index in [-0.39, 0.29) is 0 Å². The fourth-order valence-corrected chi connectivity index (χ4v) is 3.07. The van der Waals surface area contributed by atoms with Crippen molar-refractivity contribution in [3.05, 3.63) is 34.0 Å². The van der Waals surface area contributed by atoms with Crippen LogP contribution in [0.25, 0.3) is 0 Å². The minimum absolute atomic E-state index is 0.520. The lowest BCUT2D eigenvalue weighted by atomic mass is 10.1. The van der Waals surface area contributed by atoms with Crippen molar-refractivity contribution in [3.8, 4) is 0 Å². The monoisotopic (exact) mass is 248 g/mol. The fourth-order valence-electron chi connectivity index (χ4n) is 2.23. The first-order valence-electron chi connectivity index (χ1n) is 5.96. The van der Waals surface area contributed by atoms with Gasteiger partial charge in [-0.05, 0) is 25.5 Å². The van der Waals surface area contributed by atoms with E-state index in [0.717, 1.165) is 31.8 Å². The topological polar surface area (TPSA) is 42.7 Å². The molecule has 90 valence electrons. The molecule has 1 atom stereocenters. The molecule has 0 saturated heterocycles. The van der Waals surface area contributed by atoms with E-state index in [9.17, 15) is 0 Å². The SMILES string of the molecule is Cc1ccc(CN[C@@H]2CCc3ncnn3C2)s1. The van der Waals surface area contributed by atoms with Crippen LogP contribution in [0.15, 0.2) is 18.5 Å². The first-order chi connectivity index (χ1) is 8.31. The molecular weight excluding hydrogens is 232 g/mol. The van der Waals surface area contributed by atoms with Crippen molar-refractivity contribution in [3.63, 3.8) is 0 Å². The van der Waals surface area contributed by atoms with E-state index in [2.05, 4.69) is 34.5 Å². The van der Waals surface area contributed by atoms with Crippen LogP contribution in [0.4, 0.5) is 0 Å². The van der Waals surface area contributed by atoms with Crippen molar-refractivity contribution in [1.29, 1.82) is 0 Å². The van der Waals surface area contributed by atoms with Crippen LogP contribution in [0, 0.1) is 6.92 Å². The van der Waals surface area contributed by atoms with Gasteiger partial charge in [0, 0.05) is 28.8 Å². The molecule has 1 aliphatic heterocycles. The van der Waals surface area contributed by atoms with Gasteiger partial charge >= 0.3 is 0 Å². The maximum absolute atomic E-state index is 4.24. The Labute approximate surface area is 105 Å². The van der Waals surface area contributed by atoms with Crippen LogP contribution in [-0.2, 0) is 19.5 Å². The van der Waals surface area contributed by atoms with Crippen LogP contribution >= 0.6 is 11.3 Å². The Hall–Kier alpha value is -1.20. The molecule has 0 bridgehead atoms.